The van der Waals surface area contributed by atoms with Crippen molar-refractivity contribution in [2.75, 3.05) is 6.54 Å². The summed E-state index contributed by atoms with van der Waals surface area (Å²) in [6.45, 7) is 0.461. The standard InChI is InChI=1S/C14H18F2N2O.ClH/c15-10-4-5-13(16)12(7-10)14(19)18-8-9-2-1-3-11(17)6-9;/h4-5,7,9,11H,1-3,6,8,17H2,(H,18,19);1H. The minimum atomic E-state index is -0.709. The molecule has 1 aliphatic carbocycles. The van der Waals surface area contributed by atoms with E-state index in [0.717, 1.165) is 43.9 Å². The highest BCUT2D eigenvalue weighted by Crippen LogP contribution is 2.22. The first-order valence-electron chi connectivity index (χ1n) is 6.55. The zero-order chi connectivity index (χ0) is 13.8. The van der Waals surface area contributed by atoms with Gasteiger partial charge in [0.2, 0.25) is 0 Å². The van der Waals surface area contributed by atoms with E-state index in [1.54, 1.807) is 0 Å². The molecule has 1 aromatic rings. The number of halogens is 3. The highest BCUT2D eigenvalue weighted by atomic mass is 35.5. The first-order chi connectivity index (χ1) is 9.06. The third kappa shape index (κ3) is 4.42. The minimum Gasteiger partial charge on any atom is -0.352 e. The van der Waals surface area contributed by atoms with Crippen molar-refractivity contribution in [1.82, 2.24) is 5.32 Å². The van der Waals surface area contributed by atoms with E-state index in [9.17, 15) is 13.6 Å². The van der Waals surface area contributed by atoms with Gasteiger partial charge in [0.25, 0.3) is 5.91 Å². The molecular weight excluding hydrogens is 286 g/mol. The maximum Gasteiger partial charge on any atom is 0.254 e. The Kier molecular flexibility index (Phi) is 6.36. The fraction of sp³-hybridized carbons (Fsp3) is 0.500. The van der Waals surface area contributed by atoms with Gasteiger partial charge in [-0.25, -0.2) is 8.78 Å². The largest absolute Gasteiger partial charge is 0.352 e. The van der Waals surface area contributed by atoms with E-state index in [1.807, 2.05) is 0 Å². The molecule has 1 saturated carbocycles. The fourth-order valence-electron chi connectivity index (χ4n) is 2.52. The van der Waals surface area contributed by atoms with E-state index in [1.165, 1.54) is 0 Å². The van der Waals surface area contributed by atoms with Crippen LogP contribution >= 0.6 is 12.4 Å². The number of nitrogens with two attached hydrogens (primary N) is 1. The van der Waals surface area contributed by atoms with Crippen molar-refractivity contribution in [2.24, 2.45) is 11.7 Å². The van der Waals surface area contributed by atoms with Crippen LogP contribution in [0.15, 0.2) is 18.2 Å². The number of carbonyl (C=O) groups is 1. The number of amides is 1. The minimum absolute atomic E-state index is 0. The number of hydrogen-bond donors (Lipinski definition) is 2. The van der Waals surface area contributed by atoms with Crippen LogP contribution in [0.2, 0.25) is 0 Å². The highest BCUT2D eigenvalue weighted by molar-refractivity contribution is 5.94. The first kappa shape index (κ1) is 16.9. The third-order valence-corrected chi connectivity index (χ3v) is 3.55. The number of hydrogen-bond acceptors (Lipinski definition) is 2. The second-order valence-electron chi connectivity index (χ2n) is 5.13. The number of carbonyl (C=O) groups excluding carboxylic acids is 1. The second kappa shape index (κ2) is 7.55. The third-order valence-electron chi connectivity index (χ3n) is 3.55. The lowest BCUT2D eigenvalue weighted by Crippen LogP contribution is -2.35. The summed E-state index contributed by atoms with van der Waals surface area (Å²) in [6.07, 6.45) is 3.95. The molecule has 0 bridgehead atoms. The van der Waals surface area contributed by atoms with Gasteiger partial charge < -0.3 is 11.1 Å². The normalized spacial score (nSPS) is 21.9. The van der Waals surface area contributed by atoms with Crippen molar-refractivity contribution in [3.8, 4) is 0 Å². The molecule has 3 N–H and O–H groups in total. The highest BCUT2D eigenvalue weighted by Gasteiger charge is 2.20. The summed E-state index contributed by atoms with van der Waals surface area (Å²) in [5, 5.41) is 2.66. The summed E-state index contributed by atoms with van der Waals surface area (Å²) in [7, 11) is 0. The van der Waals surface area contributed by atoms with Gasteiger partial charge in [0.05, 0.1) is 5.56 Å². The van der Waals surface area contributed by atoms with Gasteiger partial charge in [-0.1, -0.05) is 6.42 Å². The van der Waals surface area contributed by atoms with Gasteiger partial charge in [0, 0.05) is 12.6 Å². The van der Waals surface area contributed by atoms with Gasteiger partial charge in [-0.3, -0.25) is 4.79 Å². The van der Waals surface area contributed by atoms with Gasteiger partial charge in [0.15, 0.2) is 0 Å². The maximum absolute atomic E-state index is 13.4. The molecule has 2 atom stereocenters. The molecule has 1 amide bonds. The summed E-state index contributed by atoms with van der Waals surface area (Å²) in [5.41, 5.74) is 5.61. The van der Waals surface area contributed by atoms with Gasteiger partial charge in [0.1, 0.15) is 11.6 Å². The molecule has 1 aliphatic rings. The Bertz CT molecular complexity index is 470. The van der Waals surface area contributed by atoms with Crippen LogP contribution in [0.5, 0.6) is 0 Å². The van der Waals surface area contributed by atoms with Crippen LogP contribution in [-0.4, -0.2) is 18.5 Å². The smallest absolute Gasteiger partial charge is 0.254 e. The van der Waals surface area contributed by atoms with Crippen molar-refractivity contribution >= 4 is 18.3 Å². The summed E-state index contributed by atoms with van der Waals surface area (Å²) in [6, 6.07) is 3.05. The molecular formula is C14H19ClF2N2O. The lowest BCUT2D eigenvalue weighted by molar-refractivity contribution is 0.0938. The van der Waals surface area contributed by atoms with E-state index < -0.39 is 17.5 Å². The molecule has 2 rings (SSSR count). The Hall–Kier alpha value is -1.20. The van der Waals surface area contributed by atoms with E-state index in [-0.39, 0.29) is 24.0 Å². The van der Waals surface area contributed by atoms with Crippen LogP contribution in [0.4, 0.5) is 8.78 Å². The number of nitrogens with one attached hydrogen (secondary N) is 1. The predicted molar refractivity (Wildman–Crippen MR) is 75.9 cm³/mol. The zero-order valence-corrected chi connectivity index (χ0v) is 11.9. The van der Waals surface area contributed by atoms with Crippen LogP contribution in [0.25, 0.3) is 0 Å². The Morgan fingerprint density at radius 2 is 2.10 bits per heavy atom. The molecule has 112 valence electrons. The summed E-state index contributed by atoms with van der Waals surface area (Å²) in [4.78, 5) is 11.8. The molecule has 0 aliphatic heterocycles. The van der Waals surface area contributed by atoms with E-state index in [4.69, 9.17) is 5.73 Å². The van der Waals surface area contributed by atoms with Crippen molar-refractivity contribution in [3.63, 3.8) is 0 Å². The first-order valence-corrected chi connectivity index (χ1v) is 6.55. The van der Waals surface area contributed by atoms with Gasteiger partial charge in [-0.05, 0) is 43.4 Å². The Morgan fingerprint density at radius 1 is 1.35 bits per heavy atom. The van der Waals surface area contributed by atoms with Gasteiger partial charge in [-0.15, -0.1) is 12.4 Å². The Morgan fingerprint density at radius 3 is 2.80 bits per heavy atom. The lowest BCUT2D eigenvalue weighted by atomic mass is 9.86. The van der Waals surface area contributed by atoms with Crippen molar-refractivity contribution < 1.29 is 13.6 Å². The predicted octanol–water partition coefficient (Wildman–Crippen LogP) is 2.63. The Labute approximate surface area is 123 Å². The van der Waals surface area contributed by atoms with Crippen LogP contribution in [0, 0.1) is 17.6 Å². The number of benzene rings is 1. The molecule has 0 radical (unpaired) electrons. The van der Waals surface area contributed by atoms with Gasteiger partial charge >= 0.3 is 0 Å². The van der Waals surface area contributed by atoms with E-state index >= 15 is 0 Å². The molecule has 6 heteroatoms. The molecule has 2 unspecified atom stereocenters. The molecule has 0 spiro atoms. The molecule has 0 aromatic heterocycles. The molecule has 0 saturated heterocycles. The van der Waals surface area contributed by atoms with Crippen molar-refractivity contribution in [2.45, 2.75) is 31.7 Å². The average Bonchev–Trinajstić information content (AvgIpc) is 2.39. The van der Waals surface area contributed by atoms with Crippen molar-refractivity contribution in [1.29, 1.82) is 0 Å². The second-order valence-corrected chi connectivity index (χ2v) is 5.13. The molecule has 1 fully saturated rings. The maximum atomic E-state index is 13.4. The van der Waals surface area contributed by atoms with Crippen LogP contribution in [-0.2, 0) is 0 Å². The molecule has 1 aromatic carbocycles. The average molecular weight is 305 g/mol. The van der Waals surface area contributed by atoms with Crippen LogP contribution < -0.4 is 11.1 Å². The SMILES string of the molecule is Cl.NC1CCCC(CNC(=O)c2cc(F)ccc2F)C1. The van der Waals surface area contributed by atoms with Gasteiger partial charge in [-0.2, -0.15) is 0 Å². The topological polar surface area (TPSA) is 55.1 Å². The van der Waals surface area contributed by atoms with E-state index in [0.29, 0.717) is 12.5 Å². The molecule has 20 heavy (non-hydrogen) atoms. The van der Waals surface area contributed by atoms with Crippen LogP contribution in [0.1, 0.15) is 36.0 Å². The summed E-state index contributed by atoms with van der Waals surface area (Å²) < 4.78 is 26.4. The molecule has 3 nitrogen and oxygen atoms in total. The van der Waals surface area contributed by atoms with Crippen LogP contribution in [0.3, 0.4) is 0 Å². The summed E-state index contributed by atoms with van der Waals surface area (Å²) in [5.74, 6) is -1.58. The zero-order valence-electron chi connectivity index (χ0n) is 11.1. The van der Waals surface area contributed by atoms with Crippen molar-refractivity contribution in [3.05, 3.63) is 35.4 Å². The molecule has 0 heterocycles. The van der Waals surface area contributed by atoms with E-state index in [2.05, 4.69) is 5.32 Å². The fourth-order valence-corrected chi connectivity index (χ4v) is 2.52. The Balaban J connectivity index is 0.00000200. The quantitative estimate of drug-likeness (QED) is 0.902. The summed E-state index contributed by atoms with van der Waals surface area (Å²) >= 11 is 0. The lowest BCUT2D eigenvalue weighted by Gasteiger charge is -2.26. The number of rotatable bonds is 3. The monoisotopic (exact) mass is 304 g/mol.